The van der Waals surface area contributed by atoms with Crippen molar-refractivity contribution in [1.82, 2.24) is 5.01 Å². The number of halogens is 2. The second-order valence-electron chi connectivity index (χ2n) is 7.16. The predicted molar refractivity (Wildman–Crippen MR) is 111 cm³/mol. The van der Waals surface area contributed by atoms with Gasteiger partial charge in [0, 0.05) is 17.2 Å². The molecule has 2 N–H and O–H groups in total. The molecule has 3 rings (SSSR count). The summed E-state index contributed by atoms with van der Waals surface area (Å²) in [5, 5.41) is 6.20. The molecule has 0 fully saturated rings. The first-order valence-electron chi connectivity index (χ1n) is 9.68. The number of anilines is 1. The average molecular weight is 417 g/mol. The van der Waals surface area contributed by atoms with Gasteiger partial charge in [0.15, 0.2) is 17.4 Å². The number of nitrogens with two attached hydrogens (primary N) is 1. The molecule has 0 saturated carbocycles. The number of carbonyl (C=O) groups is 1. The summed E-state index contributed by atoms with van der Waals surface area (Å²) in [6.07, 6.45) is 1.91. The number of methoxy groups -OCH3 is 2. The number of carbonyl (C=O) groups excluding carboxylic acids is 1. The number of hydrazone groups is 1. The van der Waals surface area contributed by atoms with Crippen LogP contribution in [0.5, 0.6) is 11.5 Å². The van der Waals surface area contributed by atoms with Crippen molar-refractivity contribution in [2.24, 2.45) is 11.0 Å². The summed E-state index contributed by atoms with van der Waals surface area (Å²) in [4.78, 5) is 11.7. The molecule has 8 heteroatoms. The Labute approximate surface area is 174 Å². The summed E-state index contributed by atoms with van der Waals surface area (Å²) >= 11 is 0. The molecular weight excluding hydrogens is 392 g/mol. The molecule has 1 aliphatic heterocycles. The van der Waals surface area contributed by atoms with E-state index in [1.54, 1.807) is 17.1 Å². The molecule has 1 heterocycles. The third-order valence-corrected chi connectivity index (χ3v) is 5.32. The third-order valence-electron chi connectivity index (χ3n) is 5.32. The first-order valence-corrected chi connectivity index (χ1v) is 9.68. The first kappa shape index (κ1) is 21.5. The van der Waals surface area contributed by atoms with Crippen molar-refractivity contribution in [1.29, 1.82) is 0 Å². The molecule has 0 aliphatic carbocycles. The minimum atomic E-state index is -0.745. The Kier molecular flexibility index (Phi) is 6.54. The van der Waals surface area contributed by atoms with Crippen LogP contribution < -0.4 is 15.2 Å². The van der Waals surface area contributed by atoms with E-state index >= 15 is 4.39 Å². The molecule has 6 nitrogen and oxygen atoms in total. The second kappa shape index (κ2) is 9.11. The molecule has 2 aromatic rings. The normalized spacial score (nSPS) is 18.7. The molecule has 30 heavy (non-hydrogen) atoms. The van der Waals surface area contributed by atoms with Gasteiger partial charge in [0.05, 0.1) is 26.5 Å². The zero-order chi connectivity index (χ0) is 21.8. The molecular formula is C22H25F2N3O3. The number of rotatable bonds is 7. The highest BCUT2D eigenvalue weighted by Crippen LogP contribution is 2.38. The molecule has 0 saturated heterocycles. The van der Waals surface area contributed by atoms with Gasteiger partial charge in [-0.1, -0.05) is 19.1 Å². The van der Waals surface area contributed by atoms with Crippen LogP contribution in [-0.4, -0.2) is 37.3 Å². The van der Waals surface area contributed by atoms with Crippen molar-refractivity contribution in [3.05, 3.63) is 53.1 Å². The van der Waals surface area contributed by atoms with Gasteiger partial charge < -0.3 is 20.0 Å². The lowest BCUT2D eigenvalue weighted by atomic mass is 9.86. The van der Waals surface area contributed by atoms with Gasteiger partial charge in [0.25, 0.3) is 0 Å². The molecule has 0 bridgehead atoms. The second-order valence-corrected chi connectivity index (χ2v) is 7.16. The fourth-order valence-electron chi connectivity index (χ4n) is 3.69. The summed E-state index contributed by atoms with van der Waals surface area (Å²) in [6, 6.07) is 7.81. The third kappa shape index (κ3) is 4.08. The zero-order valence-electron chi connectivity index (χ0n) is 17.2. The first-order chi connectivity index (χ1) is 14.4. The molecule has 0 radical (unpaired) electrons. The summed E-state index contributed by atoms with van der Waals surface area (Å²) in [7, 11) is 2.50. The van der Waals surface area contributed by atoms with Crippen LogP contribution in [-0.2, 0) is 11.3 Å². The van der Waals surface area contributed by atoms with Gasteiger partial charge in [-0.2, -0.15) is 5.10 Å². The Morgan fingerprint density at radius 1 is 1.20 bits per heavy atom. The zero-order valence-corrected chi connectivity index (χ0v) is 17.2. The standard InChI is InChI=1S/C22H25F2N3O3/c1-4-14-9-16(12-28)27(11-13-5-7-15(25)8-6-13)26-20(14)17-10-18(23)21(29-2)22(30-3)19(17)24/h5-8,10,12,14,16H,4,9,11,25H2,1-3H3. The van der Waals surface area contributed by atoms with Gasteiger partial charge in [-0.3, -0.25) is 5.01 Å². The van der Waals surface area contributed by atoms with E-state index < -0.39 is 17.7 Å². The van der Waals surface area contributed by atoms with Crippen molar-refractivity contribution in [2.75, 3.05) is 20.0 Å². The van der Waals surface area contributed by atoms with Crippen LogP contribution in [0.3, 0.4) is 0 Å². The van der Waals surface area contributed by atoms with Crippen LogP contribution in [0, 0.1) is 17.6 Å². The molecule has 160 valence electrons. The van der Waals surface area contributed by atoms with E-state index in [1.165, 1.54) is 14.2 Å². The Balaban J connectivity index is 2.08. The maximum absolute atomic E-state index is 15.2. The monoisotopic (exact) mass is 417 g/mol. The van der Waals surface area contributed by atoms with E-state index in [2.05, 4.69) is 5.10 Å². The van der Waals surface area contributed by atoms with E-state index in [-0.39, 0.29) is 23.0 Å². The maximum Gasteiger partial charge on any atom is 0.200 e. The van der Waals surface area contributed by atoms with Gasteiger partial charge in [0.1, 0.15) is 12.3 Å². The maximum atomic E-state index is 15.2. The lowest BCUT2D eigenvalue weighted by Gasteiger charge is -2.35. The molecule has 2 unspecified atom stereocenters. The van der Waals surface area contributed by atoms with Gasteiger partial charge in [-0.25, -0.2) is 8.78 Å². The van der Waals surface area contributed by atoms with Crippen LogP contribution >= 0.6 is 0 Å². The van der Waals surface area contributed by atoms with Crippen molar-refractivity contribution >= 4 is 17.7 Å². The number of nitrogen functional groups attached to an aromatic ring is 1. The van der Waals surface area contributed by atoms with Crippen molar-refractivity contribution in [2.45, 2.75) is 32.4 Å². The molecule has 0 spiro atoms. The fourth-order valence-corrected chi connectivity index (χ4v) is 3.69. The Bertz CT molecular complexity index is 948. The highest BCUT2D eigenvalue weighted by molar-refractivity contribution is 6.03. The van der Waals surface area contributed by atoms with E-state index in [0.717, 1.165) is 17.9 Å². The minimum Gasteiger partial charge on any atom is -0.490 e. The number of hydrogen-bond donors (Lipinski definition) is 1. The number of aldehydes is 1. The molecule has 2 atom stereocenters. The molecule has 0 amide bonds. The minimum absolute atomic E-state index is 0.00338. The average Bonchev–Trinajstić information content (AvgIpc) is 2.76. The van der Waals surface area contributed by atoms with Crippen LogP contribution in [0.15, 0.2) is 35.4 Å². The van der Waals surface area contributed by atoms with Crippen molar-refractivity contribution in [3.63, 3.8) is 0 Å². The summed E-state index contributed by atoms with van der Waals surface area (Å²) in [6.45, 7) is 2.26. The van der Waals surface area contributed by atoms with E-state index in [4.69, 9.17) is 15.2 Å². The summed E-state index contributed by atoms with van der Waals surface area (Å²) in [5.41, 5.74) is 7.64. The van der Waals surface area contributed by atoms with Crippen molar-refractivity contribution in [3.8, 4) is 11.5 Å². The summed E-state index contributed by atoms with van der Waals surface area (Å²) < 4.78 is 39.8. The van der Waals surface area contributed by atoms with Crippen LogP contribution in [0.25, 0.3) is 0 Å². The SMILES string of the molecule is CCC1CC(C=O)N(Cc2ccc(N)cc2)N=C1c1cc(F)c(OC)c(OC)c1F. The van der Waals surface area contributed by atoms with Crippen molar-refractivity contribution < 1.29 is 23.0 Å². The topological polar surface area (TPSA) is 77.2 Å². The van der Waals surface area contributed by atoms with Crippen LogP contribution in [0.1, 0.15) is 30.9 Å². The smallest absolute Gasteiger partial charge is 0.200 e. The molecule has 1 aliphatic rings. The molecule has 0 aromatic heterocycles. The fraction of sp³-hybridized carbons (Fsp3) is 0.364. The largest absolute Gasteiger partial charge is 0.490 e. The number of benzene rings is 2. The number of ether oxygens (including phenoxy) is 2. The highest BCUT2D eigenvalue weighted by Gasteiger charge is 2.34. The Hall–Kier alpha value is -3.16. The van der Waals surface area contributed by atoms with E-state index in [1.807, 2.05) is 19.1 Å². The predicted octanol–water partition coefficient (Wildman–Crippen LogP) is 3.77. The quantitative estimate of drug-likeness (QED) is 0.548. The van der Waals surface area contributed by atoms with E-state index in [0.29, 0.717) is 30.8 Å². The van der Waals surface area contributed by atoms with Gasteiger partial charge in [-0.05, 0) is 36.6 Å². The highest BCUT2D eigenvalue weighted by atomic mass is 19.1. The van der Waals surface area contributed by atoms with E-state index in [9.17, 15) is 9.18 Å². The number of nitrogens with zero attached hydrogens (tertiary/aromatic N) is 2. The lowest BCUT2D eigenvalue weighted by molar-refractivity contribution is -0.113. The van der Waals surface area contributed by atoms with Gasteiger partial charge in [0.2, 0.25) is 5.75 Å². The van der Waals surface area contributed by atoms with Gasteiger partial charge in [-0.15, -0.1) is 0 Å². The lowest BCUT2D eigenvalue weighted by Crippen LogP contribution is -2.41. The number of hydrogen-bond acceptors (Lipinski definition) is 6. The van der Waals surface area contributed by atoms with Crippen LogP contribution in [0.4, 0.5) is 14.5 Å². The Morgan fingerprint density at radius 3 is 2.43 bits per heavy atom. The summed E-state index contributed by atoms with van der Waals surface area (Å²) in [5.74, 6) is -2.31. The molecule has 2 aromatic carbocycles. The Morgan fingerprint density at radius 2 is 1.87 bits per heavy atom. The van der Waals surface area contributed by atoms with Gasteiger partial charge >= 0.3 is 0 Å². The van der Waals surface area contributed by atoms with Crippen LogP contribution in [0.2, 0.25) is 0 Å².